The average molecular weight is 402 g/mol. The third-order valence-corrected chi connectivity index (χ3v) is 5.20. The van der Waals surface area contributed by atoms with Crippen LogP contribution in [-0.4, -0.2) is 19.5 Å². The van der Waals surface area contributed by atoms with Crippen molar-refractivity contribution in [1.82, 2.24) is 19.5 Å². The molecule has 5 aromatic rings. The molecule has 0 aliphatic heterocycles. The van der Waals surface area contributed by atoms with Gasteiger partial charge in [0, 0.05) is 12.1 Å². The Bertz CT molecular complexity index is 1440. The predicted octanol–water partition coefficient (Wildman–Crippen LogP) is 5.08. The van der Waals surface area contributed by atoms with Crippen LogP contribution in [0.25, 0.3) is 44.7 Å². The van der Waals surface area contributed by atoms with Gasteiger partial charge in [-0.3, -0.25) is 0 Å². The highest BCUT2D eigenvalue weighted by atomic mass is 19.1. The number of hydrogen-bond donors (Lipinski definition) is 0. The highest BCUT2D eigenvalue weighted by Gasteiger charge is 2.21. The maximum Gasteiger partial charge on any atom is 0.351 e. The van der Waals surface area contributed by atoms with E-state index in [-0.39, 0.29) is 11.7 Å². The lowest BCUT2D eigenvalue weighted by Gasteiger charge is -2.06. The lowest BCUT2D eigenvalue weighted by molar-refractivity contribution is 0.516. The number of unbranched alkanes of at least 4 members (excludes halogenated alkanes) is 2. The van der Waals surface area contributed by atoms with Gasteiger partial charge in [0.1, 0.15) is 16.7 Å². The van der Waals surface area contributed by atoms with E-state index in [0.29, 0.717) is 39.8 Å². The number of aryl methyl sites for hydroxylation is 1. The summed E-state index contributed by atoms with van der Waals surface area (Å²) in [6.45, 7) is 2.80. The Morgan fingerprint density at radius 3 is 2.40 bits per heavy atom. The van der Waals surface area contributed by atoms with Crippen LogP contribution in [0.15, 0.2) is 57.7 Å². The van der Waals surface area contributed by atoms with Crippen molar-refractivity contribution in [3.8, 4) is 11.5 Å². The second-order valence-electron chi connectivity index (χ2n) is 7.26. The molecule has 0 fully saturated rings. The second-order valence-corrected chi connectivity index (χ2v) is 7.26. The predicted molar refractivity (Wildman–Crippen MR) is 114 cm³/mol. The van der Waals surface area contributed by atoms with Crippen LogP contribution in [0.2, 0.25) is 0 Å². The van der Waals surface area contributed by atoms with Crippen molar-refractivity contribution in [3.63, 3.8) is 0 Å². The van der Waals surface area contributed by atoms with E-state index in [9.17, 15) is 9.18 Å². The van der Waals surface area contributed by atoms with Gasteiger partial charge >= 0.3 is 5.63 Å². The van der Waals surface area contributed by atoms with E-state index in [0.717, 1.165) is 24.8 Å². The maximum absolute atomic E-state index is 13.3. The number of aromatic nitrogens is 4. The molecule has 0 aliphatic rings. The number of para-hydroxylation sites is 2. The van der Waals surface area contributed by atoms with Gasteiger partial charge in [-0.2, -0.15) is 4.98 Å². The van der Waals surface area contributed by atoms with Crippen molar-refractivity contribution in [2.75, 3.05) is 0 Å². The number of fused-ring (bicyclic) bond motifs is 4. The van der Waals surface area contributed by atoms with Crippen molar-refractivity contribution < 1.29 is 8.81 Å². The van der Waals surface area contributed by atoms with E-state index >= 15 is 0 Å². The Morgan fingerprint density at radius 1 is 0.933 bits per heavy atom. The fraction of sp³-hybridized carbons (Fsp3) is 0.217. The van der Waals surface area contributed by atoms with Crippen LogP contribution in [0.5, 0.6) is 0 Å². The standard InChI is InChI=1S/C23H19FN4O2/c1-2-3-6-13-28-20-18(19-21(28)26-17-8-5-4-7-16(17)25-19)23(29)30-22(27-20)14-9-11-15(24)12-10-14/h4-5,7-12H,2-3,6,13H2,1H3. The van der Waals surface area contributed by atoms with E-state index in [4.69, 9.17) is 14.4 Å². The van der Waals surface area contributed by atoms with E-state index in [1.54, 1.807) is 12.1 Å². The summed E-state index contributed by atoms with van der Waals surface area (Å²) in [5.41, 5.74) is 3.08. The third kappa shape index (κ3) is 3.03. The van der Waals surface area contributed by atoms with Gasteiger partial charge in [-0.1, -0.05) is 31.9 Å². The summed E-state index contributed by atoms with van der Waals surface area (Å²) in [7, 11) is 0. The van der Waals surface area contributed by atoms with Crippen molar-refractivity contribution in [1.29, 1.82) is 0 Å². The molecule has 3 aromatic heterocycles. The fourth-order valence-corrected chi connectivity index (χ4v) is 3.70. The monoisotopic (exact) mass is 402 g/mol. The lowest BCUT2D eigenvalue weighted by atomic mass is 10.2. The first-order valence-electron chi connectivity index (χ1n) is 10.0. The first-order chi connectivity index (χ1) is 14.7. The highest BCUT2D eigenvalue weighted by molar-refractivity contribution is 6.04. The molecule has 0 unspecified atom stereocenters. The number of hydrogen-bond acceptors (Lipinski definition) is 5. The number of nitrogens with zero attached hydrogens (tertiary/aromatic N) is 4. The second kappa shape index (κ2) is 7.33. The molecule has 6 nitrogen and oxygen atoms in total. The third-order valence-electron chi connectivity index (χ3n) is 5.20. The van der Waals surface area contributed by atoms with Crippen LogP contribution >= 0.6 is 0 Å². The first-order valence-corrected chi connectivity index (χ1v) is 10.0. The van der Waals surface area contributed by atoms with Gasteiger partial charge in [0.25, 0.3) is 0 Å². The average Bonchev–Trinajstić information content (AvgIpc) is 3.06. The van der Waals surface area contributed by atoms with Gasteiger partial charge in [0.2, 0.25) is 5.89 Å². The molecule has 0 aliphatic carbocycles. The maximum atomic E-state index is 13.3. The van der Waals surface area contributed by atoms with Gasteiger partial charge in [-0.25, -0.2) is 19.2 Å². The summed E-state index contributed by atoms with van der Waals surface area (Å²) < 4.78 is 20.8. The zero-order valence-corrected chi connectivity index (χ0v) is 16.4. The van der Waals surface area contributed by atoms with E-state index in [2.05, 4.69) is 11.9 Å². The molecule has 0 saturated carbocycles. The Balaban J connectivity index is 1.82. The molecule has 7 heteroatoms. The summed E-state index contributed by atoms with van der Waals surface area (Å²) in [5, 5.41) is 0.325. The van der Waals surface area contributed by atoms with Crippen LogP contribution in [0, 0.1) is 5.82 Å². The fourth-order valence-electron chi connectivity index (χ4n) is 3.70. The molecule has 3 heterocycles. The van der Waals surface area contributed by atoms with Crippen LogP contribution in [0.3, 0.4) is 0 Å². The zero-order valence-electron chi connectivity index (χ0n) is 16.4. The van der Waals surface area contributed by atoms with Gasteiger partial charge in [-0.05, 0) is 42.8 Å². The van der Waals surface area contributed by atoms with Crippen molar-refractivity contribution in [3.05, 3.63) is 64.8 Å². The molecule has 0 N–H and O–H groups in total. The smallest absolute Gasteiger partial charge is 0.351 e. The minimum absolute atomic E-state index is 0.150. The Labute approximate surface area is 171 Å². The number of benzene rings is 2. The first kappa shape index (κ1) is 18.4. The van der Waals surface area contributed by atoms with Crippen molar-refractivity contribution >= 4 is 33.2 Å². The van der Waals surface area contributed by atoms with Crippen LogP contribution in [0.1, 0.15) is 26.2 Å². The van der Waals surface area contributed by atoms with Crippen LogP contribution in [0.4, 0.5) is 4.39 Å². The van der Waals surface area contributed by atoms with Crippen molar-refractivity contribution in [2.24, 2.45) is 0 Å². The SMILES string of the molecule is CCCCCn1c2nc3ccccc3nc2c2c(=O)oc(-c3ccc(F)cc3)nc21. The van der Waals surface area contributed by atoms with Crippen LogP contribution in [-0.2, 0) is 6.54 Å². The Kier molecular flexibility index (Phi) is 4.50. The molecule has 150 valence electrons. The minimum atomic E-state index is -0.525. The zero-order chi connectivity index (χ0) is 20.7. The summed E-state index contributed by atoms with van der Waals surface area (Å²) >= 11 is 0. The van der Waals surface area contributed by atoms with E-state index < -0.39 is 5.63 Å². The molecule has 0 amide bonds. The molecule has 30 heavy (non-hydrogen) atoms. The lowest BCUT2D eigenvalue weighted by Crippen LogP contribution is -2.05. The quantitative estimate of drug-likeness (QED) is 0.383. The number of halogens is 1. The Morgan fingerprint density at radius 2 is 1.67 bits per heavy atom. The highest BCUT2D eigenvalue weighted by Crippen LogP contribution is 2.28. The minimum Gasteiger partial charge on any atom is -0.403 e. The van der Waals surface area contributed by atoms with Crippen LogP contribution < -0.4 is 5.63 Å². The molecule has 0 saturated heterocycles. The molecule has 0 bridgehead atoms. The molecule has 5 rings (SSSR count). The van der Waals surface area contributed by atoms with Gasteiger partial charge in [0.15, 0.2) is 11.3 Å². The summed E-state index contributed by atoms with van der Waals surface area (Å²) in [5.74, 6) is -0.215. The van der Waals surface area contributed by atoms with E-state index in [1.807, 2.05) is 28.8 Å². The molecular formula is C23H19FN4O2. The summed E-state index contributed by atoms with van der Waals surface area (Å²) in [6.07, 6.45) is 3.05. The molecular weight excluding hydrogens is 383 g/mol. The largest absolute Gasteiger partial charge is 0.403 e. The van der Waals surface area contributed by atoms with E-state index in [1.165, 1.54) is 12.1 Å². The van der Waals surface area contributed by atoms with Crippen molar-refractivity contribution in [2.45, 2.75) is 32.7 Å². The summed E-state index contributed by atoms with van der Waals surface area (Å²) in [4.78, 5) is 27.1. The topological polar surface area (TPSA) is 73.8 Å². The van der Waals surface area contributed by atoms with Gasteiger partial charge in [-0.15, -0.1) is 0 Å². The number of rotatable bonds is 5. The molecule has 2 aromatic carbocycles. The van der Waals surface area contributed by atoms with Gasteiger partial charge in [0.05, 0.1) is 11.0 Å². The molecule has 0 atom stereocenters. The van der Waals surface area contributed by atoms with Gasteiger partial charge < -0.3 is 8.98 Å². The summed E-state index contributed by atoms with van der Waals surface area (Å²) in [6, 6.07) is 13.3. The molecule has 0 radical (unpaired) electrons. The Hall–Kier alpha value is -3.61. The normalized spacial score (nSPS) is 11.7. The molecule has 0 spiro atoms.